The molecule has 1 aromatic heterocycles. The van der Waals surface area contributed by atoms with E-state index in [4.69, 9.17) is 10.2 Å². The highest BCUT2D eigenvalue weighted by atomic mass is 16.4. The van der Waals surface area contributed by atoms with Crippen molar-refractivity contribution in [3.63, 3.8) is 0 Å². The highest BCUT2D eigenvalue weighted by Crippen LogP contribution is 2.24. The van der Waals surface area contributed by atoms with E-state index in [0.29, 0.717) is 16.8 Å². The van der Waals surface area contributed by atoms with Gasteiger partial charge in [-0.3, -0.25) is 4.98 Å². The van der Waals surface area contributed by atoms with Gasteiger partial charge in [0.2, 0.25) is 0 Å². The Bertz CT molecular complexity index is 585. The van der Waals surface area contributed by atoms with Gasteiger partial charge in [-0.15, -0.1) is 0 Å². The van der Waals surface area contributed by atoms with E-state index in [-0.39, 0.29) is 0 Å². The van der Waals surface area contributed by atoms with Gasteiger partial charge in [-0.1, -0.05) is 0 Å². The van der Waals surface area contributed by atoms with Crippen LogP contribution in [0.1, 0.15) is 6.42 Å². The zero-order valence-electron chi connectivity index (χ0n) is 10.6. The fourth-order valence-electron chi connectivity index (χ4n) is 1.78. The Hall–Kier alpha value is -1.95. The molecule has 0 radical (unpaired) electrons. The number of anilines is 2. The lowest BCUT2D eigenvalue weighted by Gasteiger charge is -2.11. The van der Waals surface area contributed by atoms with Crippen LogP contribution in [0.5, 0.6) is 0 Å². The molecule has 1 aromatic carbocycles. The van der Waals surface area contributed by atoms with E-state index in [1.165, 1.54) is 0 Å². The molecule has 0 aliphatic rings. The van der Waals surface area contributed by atoms with Crippen molar-refractivity contribution >= 4 is 22.5 Å². The summed E-state index contributed by atoms with van der Waals surface area (Å²) in [5.41, 5.74) is 8.43. The van der Waals surface area contributed by atoms with Gasteiger partial charge in [-0.2, -0.15) is 0 Å². The molecular formula is C12H18N4O2. The van der Waals surface area contributed by atoms with E-state index in [9.17, 15) is 4.79 Å². The minimum Gasteiger partial charge on any atom is -0.408 e. The fourth-order valence-corrected chi connectivity index (χ4v) is 1.78. The summed E-state index contributed by atoms with van der Waals surface area (Å²) in [6.45, 7) is 1.84. The highest BCUT2D eigenvalue weighted by Gasteiger charge is 2.06. The van der Waals surface area contributed by atoms with Crippen molar-refractivity contribution in [1.29, 1.82) is 0 Å². The molecule has 0 amide bonds. The third-order valence-electron chi connectivity index (χ3n) is 2.69. The zero-order valence-corrected chi connectivity index (χ0v) is 10.6. The molecule has 0 bridgehead atoms. The van der Waals surface area contributed by atoms with Crippen molar-refractivity contribution in [2.24, 2.45) is 0 Å². The van der Waals surface area contributed by atoms with Crippen LogP contribution >= 0.6 is 0 Å². The number of oxazole rings is 1. The van der Waals surface area contributed by atoms with Gasteiger partial charge in [0.1, 0.15) is 0 Å². The molecule has 0 atom stereocenters. The van der Waals surface area contributed by atoms with Crippen LogP contribution in [-0.2, 0) is 0 Å². The maximum Gasteiger partial charge on any atom is 0.417 e. The van der Waals surface area contributed by atoms with Crippen LogP contribution in [0.3, 0.4) is 0 Å². The topological polar surface area (TPSA) is 87.3 Å². The second-order valence-corrected chi connectivity index (χ2v) is 4.53. The molecule has 0 aliphatic heterocycles. The lowest BCUT2D eigenvalue weighted by Crippen LogP contribution is -2.16. The summed E-state index contributed by atoms with van der Waals surface area (Å²) in [6.07, 6.45) is 1.02. The smallest absolute Gasteiger partial charge is 0.408 e. The van der Waals surface area contributed by atoms with Gasteiger partial charge in [0.15, 0.2) is 5.58 Å². The summed E-state index contributed by atoms with van der Waals surface area (Å²) in [6, 6.07) is 3.45. The number of nitrogens with two attached hydrogens (primary N) is 1. The molecule has 4 N–H and O–H groups in total. The SMILES string of the molecule is CN(C)CCCNc1cc2[nH]c(=O)oc2cc1N. The Kier molecular flexibility index (Phi) is 3.57. The second kappa shape index (κ2) is 5.14. The molecule has 6 heteroatoms. The largest absolute Gasteiger partial charge is 0.417 e. The van der Waals surface area contributed by atoms with E-state index in [1.807, 2.05) is 14.1 Å². The Labute approximate surface area is 105 Å². The lowest BCUT2D eigenvalue weighted by atomic mass is 10.2. The minimum atomic E-state index is -0.464. The summed E-state index contributed by atoms with van der Waals surface area (Å²) in [7, 11) is 4.08. The number of nitrogens with one attached hydrogen (secondary N) is 2. The van der Waals surface area contributed by atoms with Gasteiger partial charge in [-0.05, 0) is 33.1 Å². The highest BCUT2D eigenvalue weighted by molar-refractivity contribution is 5.85. The molecule has 0 aliphatic carbocycles. The Morgan fingerprint density at radius 2 is 2.22 bits per heavy atom. The van der Waals surface area contributed by atoms with Crippen molar-refractivity contribution in [2.45, 2.75) is 6.42 Å². The number of nitrogen functional groups attached to an aromatic ring is 1. The number of benzene rings is 1. The van der Waals surface area contributed by atoms with Gasteiger partial charge in [0.25, 0.3) is 0 Å². The number of aromatic nitrogens is 1. The summed E-state index contributed by atoms with van der Waals surface area (Å²) < 4.78 is 4.94. The normalized spacial score (nSPS) is 11.3. The number of nitrogens with zero attached hydrogens (tertiary/aromatic N) is 1. The van der Waals surface area contributed by atoms with Gasteiger partial charge < -0.3 is 20.4 Å². The van der Waals surface area contributed by atoms with Crippen LogP contribution in [0.4, 0.5) is 11.4 Å². The molecular weight excluding hydrogens is 232 g/mol. The van der Waals surface area contributed by atoms with E-state index in [2.05, 4.69) is 15.2 Å². The fraction of sp³-hybridized carbons (Fsp3) is 0.417. The minimum absolute atomic E-state index is 0.464. The maximum atomic E-state index is 11.1. The van der Waals surface area contributed by atoms with Gasteiger partial charge in [0.05, 0.1) is 16.9 Å². The van der Waals surface area contributed by atoms with Crippen molar-refractivity contribution in [3.05, 3.63) is 22.7 Å². The molecule has 1 heterocycles. The van der Waals surface area contributed by atoms with E-state index in [1.54, 1.807) is 12.1 Å². The lowest BCUT2D eigenvalue weighted by molar-refractivity contribution is 0.405. The maximum absolute atomic E-state index is 11.1. The third-order valence-corrected chi connectivity index (χ3v) is 2.69. The monoisotopic (exact) mass is 250 g/mol. The van der Waals surface area contributed by atoms with E-state index >= 15 is 0 Å². The van der Waals surface area contributed by atoms with Crippen LogP contribution in [0.25, 0.3) is 11.1 Å². The van der Waals surface area contributed by atoms with E-state index in [0.717, 1.165) is 25.2 Å². The molecule has 0 fully saturated rings. The van der Waals surface area contributed by atoms with Crippen molar-refractivity contribution < 1.29 is 4.42 Å². The molecule has 2 aromatic rings. The predicted molar refractivity (Wildman–Crippen MR) is 72.9 cm³/mol. The van der Waals surface area contributed by atoms with Crippen molar-refractivity contribution in [1.82, 2.24) is 9.88 Å². The van der Waals surface area contributed by atoms with Crippen LogP contribution in [0, 0.1) is 0 Å². The first kappa shape index (κ1) is 12.5. The molecule has 0 unspecified atom stereocenters. The number of fused-ring (bicyclic) bond motifs is 1. The number of rotatable bonds is 5. The molecule has 0 saturated heterocycles. The molecule has 0 saturated carbocycles. The third kappa shape index (κ3) is 2.84. The zero-order chi connectivity index (χ0) is 13.1. The Morgan fingerprint density at radius 1 is 1.44 bits per heavy atom. The first-order valence-electron chi connectivity index (χ1n) is 5.87. The summed E-state index contributed by atoms with van der Waals surface area (Å²) in [4.78, 5) is 15.8. The van der Waals surface area contributed by atoms with Gasteiger partial charge in [-0.25, -0.2) is 4.79 Å². The van der Waals surface area contributed by atoms with Crippen molar-refractivity contribution in [2.75, 3.05) is 38.2 Å². The summed E-state index contributed by atoms with van der Waals surface area (Å²) in [5.74, 6) is -0.464. The summed E-state index contributed by atoms with van der Waals surface area (Å²) >= 11 is 0. The number of H-pyrrole nitrogens is 1. The number of hydrogen-bond acceptors (Lipinski definition) is 5. The van der Waals surface area contributed by atoms with Gasteiger partial charge >= 0.3 is 5.76 Å². The molecule has 0 spiro atoms. The van der Waals surface area contributed by atoms with Crippen LogP contribution in [-0.4, -0.2) is 37.1 Å². The van der Waals surface area contributed by atoms with Crippen molar-refractivity contribution in [3.8, 4) is 0 Å². The van der Waals surface area contributed by atoms with Crippen LogP contribution < -0.4 is 16.8 Å². The van der Waals surface area contributed by atoms with Gasteiger partial charge in [0, 0.05) is 12.6 Å². The van der Waals surface area contributed by atoms with Crippen LogP contribution in [0.15, 0.2) is 21.3 Å². The standard InChI is InChI=1S/C12H18N4O2/c1-16(2)5-3-4-14-9-7-10-11(6-8(9)13)18-12(17)15-10/h6-7,14H,3-5,13H2,1-2H3,(H,15,17). The Morgan fingerprint density at radius 3 is 2.94 bits per heavy atom. The predicted octanol–water partition coefficient (Wildman–Crippen LogP) is 1.07. The average molecular weight is 250 g/mol. The molecule has 98 valence electrons. The second-order valence-electron chi connectivity index (χ2n) is 4.53. The molecule has 18 heavy (non-hydrogen) atoms. The molecule has 2 rings (SSSR count). The van der Waals surface area contributed by atoms with Crippen LogP contribution in [0.2, 0.25) is 0 Å². The molecule has 6 nitrogen and oxygen atoms in total. The average Bonchev–Trinajstić information content (AvgIpc) is 2.63. The summed E-state index contributed by atoms with van der Waals surface area (Å²) in [5, 5.41) is 3.25. The number of hydrogen-bond donors (Lipinski definition) is 3. The first-order valence-corrected chi connectivity index (χ1v) is 5.87. The number of aromatic amines is 1. The quantitative estimate of drug-likeness (QED) is 0.545. The van der Waals surface area contributed by atoms with E-state index < -0.39 is 5.76 Å². The first-order chi connectivity index (χ1) is 8.56. The Balaban J connectivity index is 2.08.